The monoisotopic (exact) mass is 217 g/mol. The number of aliphatic hydroxyl groups is 1. The zero-order valence-electron chi connectivity index (χ0n) is 7.50. The van der Waals surface area contributed by atoms with Crippen LogP contribution in [-0.4, -0.2) is 39.8 Å². The predicted octanol–water partition coefficient (Wildman–Crippen LogP) is -0.870. The van der Waals surface area contributed by atoms with Gasteiger partial charge < -0.3 is 5.11 Å². The van der Waals surface area contributed by atoms with Gasteiger partial charge in [-0.2, -0.15) is 5.10 Å². The predicted molar refractivity (Wildman–Crippen MR) is 48.3 cm³/mol. The van der Waals surface area contributed by atoms with Gasteiger partial charge in [-0.15, -0.1) is 0 Å². The zero-order valence-corrected chi connectivity index (χ0v) is 8.31. The van der Waals surface area contributed by atoms with Crippen LogP contribution in [0.15, 0.2) is 6.33 Å². The summed E-state index contributed by atoms with van der Waals surface area (Å²) in [6.45, 7) is -0.212. The van der Waals surface area contributed by atoms with Crippen LogP contribution in [0.4, 0.5) is 0 Å². The fraction of sp³-hybridized carbons (Fsp3) is 0.714. The number of sulfone groups is 1. The first kappa shape index (κ1) is 9.60. The van der Waals surface area contributed by atoms with Crippen molar-refractivity contribution in [1.29, 1.82) is 0 Å². The third-order valence-electron chi connectivity index (χ3n) is 2.34. The van der Waals surface area contributed by atoms with Crippen molar-refractivity contribution in [1.82, 2.24) is 14.8 Å². The third-order valence-corrected chi connectivity index (χ3v) is 4.09. The topological polar surface area (TPSA) is 85.1 Å². The van der Waals surface area contributed by atoms with E-state index in [0.29, 0.717) is 12.2 Å². The van der Waals surface area contributed by atoms with Crippen molar-refractivity contribution in [2.24, 2.45) is 0 Å². The van der Waals surface area contributed by atoms with Crippen LogP contribution in [0.1, 0.15) is 18.3 Å². The third kappa shape index (κ3) is 1.64. The molecule has 0 amide bonds. The molecule has 1 aliphatic rings. The van der Waals surface area contributed by atoms with Crippen molar-refractivity contribution in [3.8, 4) is 0 Å². The molecule has 2 heterocycles. The lowest BCUT2D eigenvalue weighted by Crippen LogP contribution is -2.15. The average Bonchev–Trinajstić information content (AvgIpc) is 2.70. The first-order valence-corrected chi connectivity index (χ1v) is 6.14. The Balaban J connectivity index is 2.25. The van der Waals surface area contributed by atoms with Crippen LogP contribution in [0, 0.1) is 0 Å². The highest BCUT2D eigenvalue weighted by Gasteiger charge is 2.30. The molecule has 7 heteroatoms. The highest BCUT2D eigenvalue weighted by Crippen LogP contribution is 2.23. The van der Waals surface area contributed by atoms with Crippen molar-refractivity contribution in [2.45, 2.75) is 19.1 Å². The number of aliphatic hydroxyl groups excluding tert-OH is 1. The minimum absolute atomic E-state index is 0.101. The van der Waals surface area contributed by atoms with Gasteiger partial charge in [0, 0.05) is 0 Å². The SMILES string of the molecule is O=S1(=O)CCC(n2ncnc2CO)C1. The van der Waals surface area contributed by atoms with Gasteiger partial charge in [-0.25, -0.2) is 18.1 Å². The molecule has 1 aromatic heterocycles. The summed E-state index contributed by atoms with van der Waals surface area (Å²) >= 11 is 0. The van der Waals surface area contributed by atoms with E-state index in [9.17, 15) is 8.42 Å². The summed E-state index contributed by atoms with van der Waals surface area (Å²) in [6, 6.07) is -0.162. The van der Waals surface area contributed by atoms with E-state index in [2.05, 4.69) is 10.1 Å². The molecule has 0 radical (unpaired) electrons. The number of hydrogen-bond donors (Lipinski definition) is 1. The lowest BCUT2D eigenvalue weighted by atomic mass is 10.3. The highest BCUT2D eigenvalue weighted by atomic mass is 32.2. The second-order valence-electron chi connectivity index (χ2n) is 3.34. The molecule has 0 spiro atoms. The molecule has 78 valence electrons. The maximum atomic E-state index is 11.2. The molecule has 0 aliphatic carbocycles. The Labute approximate surface area is 81.5 Å². The summed E-state index contributed by atoms with van der Waals surface area (Å²) in [7, 11) is -2.92. The minimum Gasteiger partial charge on any atom is -0.388 e. The Hall–Kier alpha value is -0.950. The van der Waals surface area contributed by atoms with Crippen molar-refractivity contribution >= 4 is 9.84 Å². The Morgan fingerprint density at radius 3 is 3.00 bits per heavy atom. The Bertz CT molecular complexity index is 425. The van der Waals surface area contributed by atoms with Crippen molar-refractivity contribution in [2.75, 3.05) is 11.5 Å². The molecule has 0 bridgehead atoms. The molecule has 1 N–H and O–H groups in total. The van der Waals surface area contributed by atoms with Crippen LogP contribution >= 0.6 is 0 Å². The minimum atomic E-state index is -2.92. The van der Waals surface area contributed by atoms with Crippen molar-refractivity contribution in [3.63, 3.8) is 0 Å². The van der Waals surface area contributed by atoms with E-state index < -0.39 is 9.84 Å². The summed E-state index contributed by atoms with van der Waals surface area (Å²) in [6.07, 6.45) is 1.88. The quantitative estimate of drug-likeness (QED) is 0.696. The lowest BCUT2D eigenvalue weighted by molar-refractivity contribution is 0.258. The summed E-state index contributed by atoms with van der Waals surface area (Å²) in [5.41, 5.74) is 0. The second-order valence-corrected chi connectivity index (χ2v) is 5.56. The number of nitrogens with zero attached hydrogens (tertiary/aromatic N) is 3. The van der Waals surface area contributed by atoms with Gasteiger partial charge in [-0.05, 0) is 6.42 Å². The fourth-order valence-electron chi connectivity index (χ4n) is 1.66. The van der Waals surface area contributed by atoms with Crippen LogP contribution in [-0.2, 0) is 16.4 Å². The second kappa shape index (κ2) is 3.32. The van der Waals surface area contributed by atoms with Gasteiger partial charge >= 0.3 is 0 Å². The van der Waals surface area contributed by atoms with E-state index in [1.807, 2.05) is 0 Å². The van der Waals surface area contributed by atoms with E-state index in [1.54, 1.807) is 0 Å². The summed E-state index contributed by atoms with van der Waals surface area (Å²) in [5.74, 6) is 0.721. The summed E-state index contributed by atoms with van der Waals surface area (Å²) in [4.78, 5) is 3.83. The fourth-order valence-corrected chi connectivity index (χ4v) is 3.35. The van der Waals surface area contributed by atoms with E-state index >= 15 is 0 Å². The van der Waals surface area contributed by atoms with Gasteiger partial charge in [0.15, 0.2) is 15.7 Å². The molecule has 0 aromatic carbocycles. The molecule has 14 heavy (non-hydrogen) atoms. The van der Waals surface area contributed by atoms with Gasteiger partial charge in [-0.1, -0.05) is 0 Å². The van der Waals surface area contributed by atoms with Crippen molar-refractivity contribution < 1.29 is 13.5 Å². The standard InChI is InChI=1S/C7H11N3O3S/c11-3-7-8-5-9-10(7)6-1-2-14(12,13)4-6/h5-6,11H,1-4H2. The largest absolute Gasteiger partial charge is 0.388 e. The molecule has 1 unspecified atom stereocenters. The summed E-state index contributed by atoms with van der Waals surface area (Å²) in [5, 5.41) is 12.8. The van der Waals surface area contributed by atoms with Crippen LogP contribution in [0.5, 0.6) is 0 Å². The van der Waals surface area contributed by atoms with Crippen LogP contribution in [0.25, 0.3) is 0 Å². The van der Waals surface area contributed by atoms with Crippen LogP contribution < -0.4 is 0 Å². The highest BCUT2D eigenvalue weighted by molar-refractivity contribution is 7.91. The van der Waals surface area contributed by atoms with Crippen LogP contribution in [0.3, 0.4) is 0 Å². The van der Waals surface area contributed by atoms with E-state index in [-0.39, 0.29) is 24.2 Å². The molecule has 1 atom stereocenters. The first-order valence-electron chi connectivity index (χ1n) is 4.32. The van der Waals surface area contributed by atoms with Gasteiger partial charge in [0.2, 0.25) is 0 Å². The molecule has 2 rings (SSSR count). The van der Waals surface area contributed by atoms with Crippen molar-refractivity contribution in [3.05, 3.63) is 12.2 Å². The first-order chi connectivity index (χ1) is 6.62. The molecule has 1 aromatic rings. The molecule has 0 saturated carbocycles. The number of hydrogen-bond acceptors (Lipinski definition) is 5. The smallest absolute Gasteiger partial charge is 0.152 e. The van der Waals surface area contributed by atoms with Gasteiger partial charge in [0.1, 0.15) is 12.9 Å². The Kier molecular flexibility index (Phi) is 2.28. The normalized spacial score (nSPS) is 25.4. The van der Waals surface area contributed by atoms with Gasteiger partial charge in [-0.3, -0.25) is 0 Å². The number of aromatic nitrogens is 3. The Morgan fingerprint density at radius 2 is 2.43 bits per heavy atom. The number of rotatable bonds is 2. The molecule has 1 fully saturated rings. The summed E-state index contributed by atoms with van der Waals surface area (Å²) < 4.78 is 23.9. The van der Waals surface area contributed by atoms with E-state index in [1.165, 1.54) is 11.0 Å². The van der Waals surface area contributed by atoms with E-state index in [4.69, 9.17) is 5.11 Å². The molecule has 6 nitrogen and oxygen atoms in total. The van der Waals surface area contributed by atoms with Gasteiger partial charge in [0.05, 0.1) is 17.5 Å². The van der Waals surface area contributed by atoms with E-state index in [0.717, 1.165) is 0 Å². The Morgan fingerprint density at radius 1 is 1.64 bits per heavy atom. The molecular weight excluding hydrogens is 206 g/mol. The van der Waals surface area contributed by atoms with Gasteiger partial charge in [0.25, 0.3) is 0 Å². The lowest BCUT2D eigenvalue weighted by Gasteiger charge is -2.09. The molecule has 1 aliphatic heterocycles. The maximum absolute atomic E-state index is 11.2. The molecular formula is C7H11N3O3S. The molecule has 1 saturated heterocycles. The van der Waals surface area contributed by atoms with Crippen LogP contribution in [0.2, 0.25) is 0 Å². The zero-order chi connectivity index (χ0) is 10.2. The maximum Gasteiger partial charge on any atom is 0.152 e. The average molecular weight is 217 g/mol.